The first kappa shape index (κ1) is 18.3. The van der Waals surface area contributed by atoms with Crippen LogP contribution in [-0.2, 0) is 4.79 Å². The third-order valence-electron chi connectivity index (χ3n) is 4.54. The van der Waals surface area contributed by atoms with Gasteiger partial charge in [-0.3, -0.25) is 9.59 Å². The highest BCUT2D eigenvalue weighted by Crippen LogP contribution is 2.28. The number of furan rings is 1. The summed E-state index contributed by atoms with van der Waals surface area (Å²) >= 11 is 6.03. The highest BCUT2D eigenvalue weighted by Gasteiger charge is 2.36. The van der Waals surface area contributed by atoms with Gasteiger partial charge < -0.3 is 19.4 Å². The number of halogens is 1. The Labute approximate surface area is 157 Å². The summed E-state index contributed by atoms with van der Waals surface area (Å²) in [5.74, 6) is 0.661. The van der Waals surface area contributed by atoms with E-state index < -0.39 is 6.04 Å². The van der Waals surface area contributed by atoms with Gasteiger partial charge in [-0.15, -0.1) is 0 Å². The number of ether oxygens (including phenoxy) is 1. The molecule has 26 heavy (non-hydrogen) atoms. The zero-order valence-electron chi connectivity index (χ0n) is 14.7. The van der Waals surface area contributed by atoms with E-state index in [1.807, 2.05) is 6.92 Å². The zero-order valence-corrected chi connectivity index (χ0v) is 15.5. The van der Waals surface area contributed by atoms with E-state index in [0.717, 1.165) is 6.42 Å². The molecule has 3 rings (SSSR count). The number of hydrogen-bond donors (Lipinski definition) is 1. The maximum atomic E-state index is 13.0. The molecule has 2 amide bonds. The van der Waals surface area contributed by atoms with Crippen LogP contribution in [0.1, 0.15) is 41.9 Å². The molecule has 0 bridgehead atoms. The van der Waals surface area contributed by atoms with Crippen molar-refractivity contribution in [2.45, 2.75) is 31.8 Å². The molecule has 2 atom stereocenters. The molecule has 1 fully saturated rings. The Balaban J connectivity index is 1.76. The van der Waals surface area contributed by atoms with Gasteiger partial charge in [-0.2, -0.15) is 0 Å². The van der Waals surface area contributed by atoms with Crippen LogP contribution < -0.4 is 10.1 Å². The van der Waals surface area contributed by atoms with Gasteiger partial charge in [-0.1, -0.05) is 11.6 Å². The smallest absolute Gasteiger partial charge is 0.258 e. The van der Waals surface area contributed by atoms with E-state index >= 15 is 0 Å². The Morgan fingerprint density at radius 2 is 2.19 bits per heavy atom. The number of carbonyl (C=O) groups is 2. The summed E-state index contributed by atoms with van der Waals surface area (Å²) in [5.41, 5.74) is 0.360. The van der Waals surface area contributed by atoms with E-state index in [2.05, 4.69) is 5.32 Å². The number of benzene rings is 1. The number of nitrogens with one attached hydrogen (secondary N) is 1. The highest BCUT2D eigenvalue weighted by atomic mass is 35.5. The van der Waals surface area contributed by atoms with E-state index in [9.17, 15) is 9.59 Å². The largest absolute Gasteiger partial charge is 0.496 e. The standard InChI is InChI=1S/C19H21ClN2O4/c1-12(16-6-4-10-26-16)21-18(23)15-5-3-9-22(15)19(24)14-11-13(20)7-8-17(14)25-2/h4,6-8,10-12,15H,3,5,9H2,1-2H3,(H,21,23)/t12-,15+/m1/s1. The van der Waals surface area contributed by atoms with Crippen LogP contribution in [-0.4, -0.2) is 36.4 Å². The second kappa shape index (κ2) is 7.83. The maximum absolute atomic E-state index is 13.0. The van der Waals surface area contributed by atoms with Crippen molar-refractivity contribution in [1.29, 1.82) is 0 Å². The van der Waals surface area contributed by atoms with Crippen molar-refractivity contribution in [3.8, 4) is 5.75 Å². The fraction of sp³-hybridized carbons (Fsp3) is 0.368. The van der Waals surface area contributed by atoms with Crippen LogP contribution in [0.5, 0.6) is 5.75 Å². The second-order valence-corrected chi connectivity index (χ2v) is 6.68. The van der Waals surface area contributed by atoms with Crippen molar-refractivity contribution in [2.24, 2.45) is 0 Å². The van der Waals surface area contributed by atoms with Crippen molar-refractivity contribution in [3.63, 3.8) is 0 Å². The summed E-state index contributed by atoms with van der Waals surface area (Å²) in [6, 6.07) is 7.67. The van der Waals surface area contributed by atoms with Crippen LogP contribution >= 0.6 is 11.6 Å². The van der Waals surface area contributed by atoms with E-state index in [1.54, 1.807) is 41.5 Å². The van der Waals surface area contributed by atoms with Crippen molar-refractivity contribution in [3.05, 3.63) is 52.9 Å². The SMILES string of the molecule is COc1ccc(Cl)cc1C(=O)N1CCC[C@H]1C(=O)N[C@H](C)c1ccco1. The number of rotatable bonds is 5. The molecule has 0 aliphatic carbocycles. The van der Waals surface area contributed by atoms with E-state index in [-0.39, 0.29) is 17.9 Å². The average Bonchev–Trinajstić information content (AvgIpc) is 3.32. The molecule has 1 aromatic carbocycles. The molecule has 1 N–H and O–H groups in total. The molecule has 0 spiro atoms. The molecule has 1 aromatic heterocycles. The molecule has 1 saturated heterocycles. The van der Waals surface area contributed by atoms with E-state index in [0.29, 0.717) is 35.1 Å². The second-order valence-electron chi connectivity index (χ2n) is 6.25. The number of methoxy groups -OCH3 is 1. The molecular formula is C19H21ClN2O4. The molecule has 7 heteroatoms. The predicted molar refractivity (Wildman–Crippen MR) is 97.3 cm³/mol. The number of amides is 2. The lowest BCUT2D eigenvalue weighted by atomic mass is 10.1. The van der Waals surface area contributed by atoms with Gasteiger partial charge in [0.15, 0.2) is 0 Å². The molecule has 1 aliphatic heterocycles. The summed E-state index contributed by atoms with van der Waals surface area (Å²) < 4.78 is 10.6. The minimum atomic E-state index is -0.524. The molecule has 1 aliphatic rings. The first-order chi connectivity index (χ1) is 12.5. The molecule has 0 saturated carbocycles. The number of carbonyl (C=O) groups excluding carboxylic acids is 2. The summed E-state index contributed by atoms with van der Waals surface area (Å²) in [5, 5.41) is 3.36. The van der Waals surface area contributed by atoms with Gasteiger partial charge in [-0.05, 0) is 50.1 Å². The number of nitrogens with zero attached hydrogens (tertiary/aromatic N) is 1. The van der Waals surface area contributed by atoms with Gasteiger partial charge in [-0.25, -0.2) is 0 Å². The fourth-order valence-electron chi connectivity index (χ4n) is 3.20. The van der Waals surface area contributed by atoms with Crippen molar-refractivity contribution in [2.75, 3.05) is 13.7 Å². The molecular weight excluding hydrogens is 356 g/mol. The molecule has 2 aromatic rings. The predicted octanol–water partition coefficient (Wildman–Crippen LogP) is 3.42. The van der Waals surface area contributed by atoms with E-state index in [1.165, 1.54) is 7.11 Å². The lowest BCUT2D eigenvalue weighted by molar-refractivity contribution is -0.125. The Bertz CT molecular complexity index is 791. The van der Waals surface area contributed by atoms with Crippen LogP contribution in [0.3, 0.4) is 0 Å². The summed E-state index contributed by atoms with van der Waals surface area (Å²) in [7, 11) is 1.50. The molecule has 0 unspecified atom stereocenters. The highest BCUT2D eigenvalue weighted by molar-refractivity contribution is 6.31. The molecule has 2 heterocycles. The maximum Gasteiger partial charge on any atom is 0.258 e. The first-order valence-electron chi connectivity index (χ1n) is 8.49. The van der Waals surface area contributed by atoms with Gasteiger partial charge in [0, 0.05) is 11.6 Å². The first-order valence-corrected chi connectivity index (χ1v) is 8.87. The van der Waals surface area contributed by atoms with Crippen LogP contribution in [0.4, 0.5) is 0 Å². The Morgan fingerprint density at radius 3 is 2.88 bits per heavy atom. The van der Waals surface area contributed by atoms with Crippen LogP contribution in [0.25, 0.3) is 0 Å². The third kappa shape index (κ3) is 3.70. The van der Waals surface area contributed by atoms with Gasteiger partial charge in [0.1, 0.15) is 17.6 Å². The number of hydrogen-bond acceptors (Lipinski definition) is 4. The van der Waals surface area contributed by atoms with Gasteiger partial charge in [0.25, 0.3) is 5.91 Å². The van der Waals surface area contributed by atoms with Gasteiger partial charge in [0.2, 0.25) is 5.91 Å². The lowest BCUT2D eigenvalue weighted by Gasteiger charge is -2.26. The summed E-state index contributed by atoms with van der Waals surface area (Å²) in [4.78, 5) is 27.3. The Hall–Kier alpha value is -2.47. The van der Waals surface area contributed by atoms with Gasteiger partial charge >= 0.3 is 0 Å². The third-order valence-corrected chi connectivity index (χ3v) is 4.77. The van der Waals surface area contributed by atoms with Crippen molar-refractivity contribution >= 4 is 23.4 Å². The summed E-state index contributed by atoms with van der Waals surface area (Å²) in [6.45, 7) is 2.36. The van der Waals surface area contributed by atoms with Gasteiger partial charge in [0.05, 0.1) is 25.0 Å². The van der Waals surface area contributed by atoms with E-state index in [4.69, 9.17) is 20.8 Å². The normalized spacial score (nSPS) is 17.8. The Kier molecular flexibility index (Phi) is 5.52. The molecule has 0 radical (unpaired) electrons. The zero-order chi connectivity index (χ0) is 18.7. The topological polar surface area (TPSA) is 71.8 Å². The van der Waals surface area contributed by atoms with Crippen molar-refractivity contribution in [1.82, 2.24) is 10.2 Å². The quantitative estimate of drug-likeness (QED) is 0.867. The summed E-state index contributed by atoms with van der Waals surface area (Å²) in [6.07, 6.45) is 2.95. The average molecular weight is 377 g/mol. The fourth-order valence-corrected chi connectivity index (χ4v) is 3.37. The lowest BCUT2D eigenvalue weighted by Crippen LogP contribution is -2.46. The van der Waals surface area contributed by atoms with Crippen LogP contribution in [0.15, 0.2) is 41.0 Å². The molecule has 138 valence electrons. The molecule has 6 nitrogen and oxygen atoms in total. The van der Waals surface area contributed by atoms with Crippen molar-refractivity contribution < 1.29 is 18.7 Å². The van der Waals surface area contributed by atoms with Crippen LogP contribution in [0, 0.1) is 0 Å². The minimum Gasteiger partial charge on any atom is -0.496 e. The van der Waals surface area contributed by atoms with Crippen LogP contribution in [0.2, 0.25) is 5.02 Å². The monoisotopic (exact) mass is 376 g/mol. The Morgan fingerprint density at radius 1 is 1.38 bits per heavy atom. The minimum absolute atomic E-state index is 0.194. The number of likely N-dealkylation sites (tertiary alicyclic amines) is 1.